The van der Waals surface area contributed by atoms with Gasteiger partial charge in [0.25, 0.3) is 0 Å². The first-order chi connectivity index (χ1) is 7.66. The number of rotatable bonds is 0. The second-order valence-corrected chi connectivity index (χ2v) is 3.63. The standard InChI is InChI=1S/C10H7FN4O/c1-4-3-6(11)5(2)8-7(4)12-9-10(13-8)15-16-14-9/h3H,1-2H3. The highest BCUT2D eigenvalue weighted by Gasteiger charge is 2.13. The molecule has 0 saturated carbocycles. The highest BCUT2D eigenvalue weighted by atomic mass is 19.1. The summed E-state index contributed by atoms with van der Waals surface area (Å²) < 4.78 is 18.0. The molecule has 16 heavy (non-hydrogen) atoms. The third kappa shape index (κ3) is 1.09. The summed E-state index contributed by atoms with van der Waals surface area (Å²) in [5.74, 6) is -0.296. The van der Waals surface area contributed by atoms with Gasteiger partial charge in [-0.3, -0.25) is 0 Å². The Morgan fingerprint density at radius 1 is 1.06 bits per heavy atom. The van der Waals surface area contributed by atoms with Crippen LogP contribution in [-0.2, 0) is 0 Å². The summed E-state index contributed by atoms with van der Waals surface area (Å²) in [6.45, 7) is 3.43. The zero-order chi connectivity index (χ0) is 11.3. The van der Waals surface area contributed by atoms with Crippen molar-refractivity contribution in [1.29, 1.82) is 0 Å². The average Bonchev–Trinajstić information content (AvgIpc) is 2.71. The van der Waals surface area contributed by atoms with E-state index in [1.54, 1.807) is 13.8 Å². The van der Waals surface area contributed by atoms with Crippen molar-refractivity contribution in [2.45, 2.75) is 13.8 Å². The zero-order valence-corrected chi connectivity index (χ0v) is 8.65. The van der Waals surface area contributed by atoms with E-state index in [2.05, 4.69) is 24.9 Å². The molecule has 2 heterocycles. The number of hydrogen-bond donors (Lipinski definition) is 0. The highest BCUT2D eigenvalue weighted by Crippen LogP contribution is 2.22. The highest BCUT2D eigenvalue weighted by molar-refractivity contribution is 5.86. The van der Waals surface area contributed by atoms with E-state index in [4.69, 9.17) is 0 Å². The molecular formula is C10H7FN4O. The fourth-order valence-corrected chi connectivity index (χ4v) is 1.65. The monoisotopic (exact) mass is 218 g/mol. The second-order valence-electron chi connectivity index (χ2n) is 3.63. The van der Waals surface area contributed by atoms with E-state index in [0.717, 1.165) is 5.56 Å². The molecule has 80 valence electrons. The lowest BCUT2D eigenvalue weighted by Gasteiger charge is -2.04. The third-order valence-electron chi connectivity index (χ3n) is 2.54. The average molecular weight is 218 g/mol. The van der Waals surface area contributed by atoms with Crippen LogP contribution in [0.3, 0.4) is 0 Å². The van der Waals surface area contributed by atoms with Crippen molar-refractivity contribution in [3.63, 3.8) is 0 Å². The lowest BCUT2D eigenvalue weighted by molar-refractivity contribution is 0.314. The van der Waals surface area contributed by atoms with Gasteiger partial charge < -0.3 is 0 Å². The van der Waals surface area contributed by atoms with Crippen LogP contribution in [0.1, 0.15) is 11.1 Å². The molecule has 0 amide bonds. The van der Waals surface area contributed by atoms with Crippen LogP contribution in [0.15, 0.2) is 10.7 Å². The van der Waals surface area contributed by atoms with Crippen molar-refractivity contribution in [2.24, 2.45) is 0 Å². The Kier molecular flexibility index (Phi) is 1.68. The van der Waals surface area contributed by atoms with Crippen molar-refractivity contribution in [2.75, 3.05) is 0 Å². The minimum absolute atomic E-state index is 0.292. The summed E-state index contributed by atoms with van der Waals surface area (Å²) in [5, 5.41) is 7.20. The first kappa shape index (κ1) is 9.14. The molecule has 5 nitrogen and oxygen atoms in total. The van der Waals surface area contributed by atoms with Crippen molar-refractivity contribution < 1.29 is 9.02 Å². The quantitative estimate of drug-likeness (QED) is 0.576. The molecule has 3 aromatic rings. The molecule has 0 unspecified atom stereocenters. The molecule has 0 fully saturated rings. The van der Waals surface area contributed by atoms with E-state index < -0.39 is 0 Å². The summed E-state index contributed by atoms with van der Waals surface area (Å²) in [6, 6.07) is 1.44. The Bertz CT molecular complexity index is 707. The molecular weight excluding hydrogens is 211 g/mol. The minimum Gasteiger partial charge on any atom is -0.240 e. The van der Waals surface area contributed by atoms with Crippen LogP contribution < -0.4 is 0 Å². The summed E-state index contributed by atoms with van der Waals surface area (Å²) in [7, 11) is 0. The van der Waals surface area contributed by atoms with Gasteiger partial charge in [0.2, 0.25) is 11.3 Å². The molecule has 0 aliphatic rings. The Balaban J connectivity index is 2.58. The van der Waals surface area contributed by atoms with Crippen LogP contribution in [0.2, 0.25) is 0 Å². The van der Waals surface area contributed by atoms with E-state index in [0.29, 0.717) is 27.9 Å². The van der Waals surface area contributed by atoms with Crippen molar-refractivity contribution in [3.8, 4) is 0 Å². The van der Waals surface area contributed by atoms with Gasteiger partial charge in [-0.15, -0.1) is 0 Å². The molecule has 3 rings (SSSR count). The lowest BCUT2D eigenvalue weighted by Crippen LogP contribution is -1.95. The van der Waals surface area contributed by atoms with Gasteiger partial charge in [-0.05, 0) is 35.8 Å². The maximum atomic E-state index is 13.5. The van der Waals surface area contributed by atoms with Crippen LogP contribution in [0.4, 0.5) is 4.39 Å². The first-order valence-corrected chi connectivity index (χ1v) is 4.72. The molecule has 0 spiro atoms. The van der Waals surface area contributed by atoms with E-state index in [9.17, 15) is 4.39 Å². The molecule has 0 saturated heterocycles. The van der Waals surface area contributed by atoms with Gasteiger partial charge in [-0.2, -0.15) is 0 Å². The molecule has 0 aliphatic heterocycles. The van der Waals surface area contributed by atoms with E-state index in [1.165, 1.54) is 6.07 Å². The molecule has 6 heteroatoms. The lowest BCUT2D eigenvalue weighted by atomic mass is 10.1. The largest absolute Gasteiger partial charge is 0.243 e. The number of nitrogens with zero attached hydrogens (tertiary/aromatic N) is 4. The van der Waals surface area contributed by atoms with E-state index >= 15 is 0 Å². The van der Waals surface area contributed by atoms with Gasteiger partial charge >= 0.3 is 0 Å². The van der Waals surface area contributed by atoms with Gasteiger partial charge in [0, 0.05) is 5.56 Å². The van der Waals surface area contributed by atoms with E-state index in [-0.39, 0.29) is 5.82 Å². The first-order valence-electron chi connectivity index (χ1n) is 4.72. The number of aryl methyl sites for hydroxylation is 2. The normalized spacial score (nSPS) is 11.4. The van der Waals surface area contributed by atoms with Crippen molar-refractivity contribution in [3.05, 3.63) is 23.0 Å². The second kappa shape index (κ2) is 2.94. The molecule has 2 aromatic heterocycles. The topological polar surface area (TPSA) is 64.7 Å². The van der Waals surface area contributed by atoms with Gasteiger partial charge in [0.05, 0.1) is 11.0 Å². The Labute approximate surface area is 89.3 Å². The molecule has 0 N–H and O–H groups in total. The number of aromatic nitrogens is 4. The number of benzene rings is 1. The van der Waals surface area contributed by atoms with Gasteiger partial charge in [0.1, 0.15) is 5.82 Å². The fraction of sp³-hybridized carbons (Fsp3) is 0.200. The van der Waals surface area contributed by atoms with Crippen molar-refractivity contribution >= 4 is 22.3 Å². The minimum atomic E-state index is -0.296. The third-order valence-corrected chi connectivity index (χ3v) is 2.54. The Hall–Kier alpha value is -2.11. The van der Waals surface area contributed by atoms with Crippen LogP contribution in [-0.4, -0.2) is 20.3 Å². The van der Waals surface area contributed by atoms with Crippen LogP contribution in [0.5, 0.6) is 0 Å². The van der Waals surface area contributed by atoms with Crippen LogP contribution in [0.25, 0.3) is 22.3 Å². The fourth-order valence-electron chi connectivity index (χ4n) is 1.65. The predicted molar refractivity (Wildman–Crippen MR) is 54.3 cm³/mol. The summed E-state index contributed by atoms with van der Waals surface area (Å²) in [5.41, 5.74) is 2.93. The maximum absolute atomic E-state index is 13.5. The molecule has 0 aliphatic carbocycles. The predicted octanol–water partition coefficient (Wildman–Crippen LogP) is 1.92. The molecule has 0 atom stereocenters. The molecule has 0 bridgehead atoms. The SMILES string of the molecule is Cc1cc(F)c(C)c2nc3nonc3nc12. The number of fused-ring (bicyclic) bond motifs is 2. The van der Waals surface area contributed by atoms with Gasteiger partial charge in [0.15, 0.2) is 0 Å². The summed E-state index contributed by atoms with van der Waals surface area (Å²) in [6.07, 6.45) is 0. The zero-order valence-electron chi connectivity index (χ0n) is 8.65. The molecule has 1 aromatic carbocycles. The summed E-state index contributed by atoms with van der Waals surface area (Å²) >= 11 is 0. The van der Waals surface area contributed by atoms with Crippen LogP contribution in [0, 0.1) is 19.7 Å². The van der Waals surface area contributed by atoms with Crippen molar-refractivity contribution in [1.82, 2.24) is 20.3 Å². The van der Waals surface area contributed by atoms with Crippen LogP contribution >= 0.6 is 0 Å². The Morgan fingerprint density at radius 2 is 1.69 bits per heavy atom. The van der Waals surface area contributed by atoms with Gasteiger partial charge in [-0.1, -0.05) is 0 Å². The smallest absolute Gasteiger partial charge is 0.240 e. The number of hydrogen-bond acceptors (Lipinski definition) is 5. The number of halogens is 1. The summed E-state index contributed by atoms with van der Waals surface area (Å²) in [4.78, 5) is 8.43. The molecule has 0 radical (unpaired) electrons. The Morgan fingerprint density at radius 3 is 2.38 bits per heavy atom. The maximum Gasteiger partial charge on any atom is 0.243 e. The van der Waals surface area contributed by atoms with Gasteiger partial charge in [-0.25, -0.2) is 19.0 Å². The van der Waals surface area contributed by atoms with E-state index in [1.807, 2.05) is 0 Å².